The van der Waals surface area contributed by atoms with E-state index >= 15 is 0 Å². The Hall–Kier alpha value is -3.39. The standard InChI is InChI=1S/C23H30N4O4/c1-23(2,3)27-22(30)17-6-5-7-19(14-17)26-20(28)15-25-18-10-8-16(9-11-18)21(29)24-12-13-31-4/h5-11,14,25H,12-13,15H2,1-4H3,(H,24,29)(H,26,28)(H,27,30). The molecule has 31 heavy (non-hydrogen) atoms. The second-order valence-corrected chi connectivity index (χ2v) is 8.01. The number of anilines is 2. The summed E-state index contributed by atoms with van der Waals surface area (Å²) in [5, 5.41) is 11.4. The maximum Gasteiger partial charge on any atom is 0.251 e. The lowest BCUT2D eigenvalue weighted by molar-refractivity contribution is -0.114. The van der Waals surface area contributed by atoms with Crippen LogP contribution in [-0.2, 0) is 9.53 Å². The Morgan fingerprint density at radius 2 is 1.61 bits per heavy atom. The van der Waals surface area contributed by atoms with Crippen molar-refractivity contribution in [1.29, 1.82) is 0 Å². The molecule has 0 heterocycles. The van der Waals surface area contributed by atoms with Crippen LogP contribution in [0, 0.1) is 0 Å². The predicted octanol–water partition coefficient (Wildman–Crippen LogP) is 2.64. The van der Waals surface area contributed by atoms with E-state index in [9.17, 15) is 14.4 Å². The number of methoxy groups -OCH3 is 1. The van der Waals surface area contributed by atoms with Crippen molar-refractivity contribution in [1.82, 2.24) is 10.6 Å². The number of hydrogen-bond acceptors (Lipinski definition) is 5. The van der Waals surface area contributed by atoms with Crippen LogP contribution in [0.4, 0.5) is 11.4 Å². The number of rotatable bonds is 9. The first kappa shape index (κ1) is 23.9. The van der Waals surface area contributed by atoms with Crippen molar-refractivity contribution in [2.45, 2.75) is 26.3 Å². The molecule has 0 fully saturated rings. The first-order valence-corrected chi connectivity index (χ1v) is 10.0. The van der Waals surface area contributed by atoms with Gasteiger partial charge in [0.2, 0.25) is 5.91 Å². The molecule has 0 atom stereocenters. The zero-order valence-corrected chi connectivity index (χ0v) is 18.4. The SMILES string of the molecule is COCCNC(=O)c1ccc(NCC(=O)Nc2cccc(C(=O)NC(C)(C)C)c2)cc1. The summed E-state index contributed by atoms with van der Waals surface area (Å²) in [6.45, 7) is 6.64. The fraction of sp³-hybridized carbons (Fsp3) is 0.348. The maximum atomic E-state index is 12.3. The predicted molar refractivity (Wildman–Crippen MR) is 121 cm³/mol. The molecule has 3 amide bonds. The molecule has 2 aromatic rings. The van der Waals surface area contributed by atoms with E-state index in [1.54, 1.807) is 55.6 Å². The minimum Gasteiger partial charge on any atom is -0.383 e. The van der Waals surface area contributed by atoms with Gasteiger partial charge in [-0.25, -0.2) is 0 Å². The summed E-state index contributed by atoms with van der Waals surface area (Å²) in [4.78, 5) is 36.5. The van der Waals surface area contributed by atoms with Crippen molar-refractivity contribution in [2.24, 2.45) is 0 Å². The average Bonchev–Trinajstić information content (AvgIpc) is 2.72. The van der Waals surface area contributed by atoms with Gasteiger partial charge in [-0.1, -0.05) is 6.07 Å². The molecule has 0 spiro atoms. The van der Waals surface area contributed by atoms with E-state index in [1.807, 2.05) is 20.8 Å². The van der Waals surface area contributed by atoms with Gasteiger partial charge in [-0.05, 0) is 63.2 Å². The lowest BCUT2D eigenvalue weighted by Gasteiger charge is -2.20. The van der Waals surface area contributed by atoms with E-state index < -0.39 is 0 Å². The van der Waals surface area contributed by atoms with Crippen molar-refractivity contribution < 1.29 is 19.1 Å². The zero-order valence-electron chi connectivity index (χ0n) is 18.4. The number of amides is 3. The van der Waals surface area contributed by atoms with Gasteiger partial charge in [0, 0.05) is 41.7 Å². The molecule has 2 rings (SSSR count). The van der Waals surface area contributed by atoms with Gasteiger partial charge in [0.1, 0.15) is 0 Å². The molecule has 8 heteroatoms. The molecular formula is C23H30N4O4. The molecule has 0 aliphatic rings. The monoisotopic (exact) mass is 426 g/mol. The molecule has 2 aromatic carbocycles. The summed E-state index contributed by atoms with van der Waals surface area (Å²) in [7, 11) is 1.57. The number of carbonyl (C=O) groups excluding carboxylic acids is 3. The van der Waals surface area contributed by atoms with Gasteiger partial charge >= 0.3 is 0 Å². The fourth-order valence-electron chi connectivity index (χ4n) is 2.65. The molecule has 8 nitrogen and oxygen atoms in total. The van der Waals surface area contributed by atoms with E-state index in [1.165, 1.54) is 0 Å². The molecule has 4 N–H and O–H groups in total. The number of hydrogen-bond donors (Lipinski definition) is 4. The third-order valence-electron chi connectivity index (χ3n) is 4.09. The van der Waals surface area contributed by atoms with Crippen LogP contribution in [0.1, 0.15) is 41.5 Å². The second-order valence-electron chi connectivity index (χ2n) is 8.01. The van der Waals surface area contributed by atoms with Crippen molar-refractivity contribution in [3.8, 4) is 0 Å². The summed E-state index contributed by atoms with van der Waals surface area (Å²) >= 11 is 0. The highest BCUT2D eigenvalue weighted by Gasteiger charge is 2.15. The van der Waals surface area contributed by atoms with E-state index in [2.05, 4.69) is 21.3 Å². The maximum absolute atomic E-state index is 12.3. The smallest absolute Gasteiger partial charge is 0.251 e. The molecule has 0 radical (unpaired) electrons. The second kappa shape index (κ2) is 11.1. The van der Waals surface area contributed by atoms with E-state index in [-0.39, 0.29) is 29.8 Å². The van der Waals surface area contributed by atoms with Crippen LogP contribution in [-0.4, -0.2) is 50.1 Å². The van der Waals surface area contributed by atoms with Crippen molar-refractivity contribution in [3.05, 3.63) is 59.7 Å². The van der Waals surface area contributed by atoms with E-state index in [0.717, 1.165) is 0 Å². The Labute approximate surface area is 182 Å². The molecule has 0 unspecified atom stereocenters. The van der Waals surface area contributed by atoms with E-state index in [4.69, 9.17) is 4.74 Å². The largest absolute Gasteiger partial charge is 0.383 e. The fourth-order valence-corrected chi connectivity index (χ4v) is 2.65. The van der Waals surface area contributed by atoms with Gasteiger partial charge in [0.05, 0.1) is 13.2 Å². The molecule has 0 saturated heterocycles. The first-order valence-electron chi connectivity index (χ1n) is 10.0. The summed E-state index contributed by atoms with van der Waals surface area (Å²) in [5.41, 5.74) is 1.90. The van der Waals surface area contributed by atoms with Crippen LogP contribution < -0.4 is 21.3 Å². The lowest BCUT2D eigenvalue weighted by Crippen LogP contribution is -2.40. The number of carbonyl (C=O) groups is 3. The minimum atomic E-state index is -0.347. The number of benzene rings is 2. The Morgan fingerprint density at radius 1 is 0.903 bits per heavy atom. The number of nitrogens with one attached hydrogen (secondary N) is 4. The van der Waals surface area contributed by atoms with Crippen LogP contribution in [0.2, 0.25) is 0 Å². The highest BCUT2D eigenvalue weighted by atomic mass is 16.5. The van der Waals surface area contributed by atoms with Gasteiger partial charge in [0.25, 0.3) is 11.8 Å². The summed E-state index contributed by atoms with van der Waals surface area (Å²) in [6.07, 6.45) is 0. The third-order valence-corrected chi connectivity index (χ3v) is 4.09. The van der Waals surface area contributed by atoms with Gasteiger partial charge < -0.3 is 26.0 Å². The van der Waals surface area contributed by atoms with Crippen LogP contribution in [0.25, 0.3) is 0 Å². The average molecular weight is 427 g/mol. The first-order chi connectivity index (χ1) is 14.7. The topological polar surface area (TPSA) is 109 Å². The molecule has 0 aliphatic heterocycles. The molecule has 0 saturated carbocycles. The number of ether oxygens (including phenoxy) is 1. The minimum absolute atomic E-state index is 0.0395. The quantitative estimate of drug-likeness (QED) is 0.461. The normalized spacial score (nSPS) is 10.8. The third kappa shape index (κ3) is 8.47. The van der Waals surface area contributed by atoms with Crippen LogP contribution >= 0.6 is 0 Å². The Morgan fingerprint density at radius 3 is 2.26 bits per heavy atom. The van der Waals surface area contributed by atoms with Gasteiger partial charge in [0.15, 0.2) is 0 Å². The summed E-state index contributed by atoms with van der Waals surface area (Å²) in [6, 6.07) is 13.6. The Kier molecular flexibility index (Phi) is 8.57. The summed E-state index contributed by atoms with van der Waals surface area (Å²) < 4.78 is 4.90. The molecule has 0 aromatic heterocycles. The molecule has 166 valence electrons. The van der Waals surface area contributed by atoms with Crippen molar-refractivity contribution in [2.75, 3.05) is 37.4 Å². The molecule has 0 bridgehead atoms. The molecular weight excluding hydrogens is 396 g/mol. The van der Waals surface area contributed by atoms with Crippen LogP contribution in [0.3, 0.4) is 0 Å². The summed E-state index contributed by atoms with van der Waals surface area (Å²) in [5.74, 6) is -0.639. The molecule has 0 aliphatic carbocycles. The van der Waals surface area contributed by atoms with Crippen molar-refractivity contribution >= 4 is 29.1 Å². The van der Waals surface area contributed by atoms with Crippen LogP contribution in [0.5, 0.6) is 0 Å². The Balaban J connectivity index is 1.86. The Bertz CT molecular complexity index is 905. The highest BCUT2D eigenvalue weighted by molar-refractivity contribution is 5.98. The zero-order chi connectivity index (χ0) is 22.9. The van der Waals surface area contributed by atoms with Gasteiger partial charge in [-0.15, -0.1) is 0 Å². The van der Waals surface area contributed by atoms with Gasteiger partial charge in [-0.2, -0.15) is 0 Å². The van der Waals surface area contributed by atoms with Gasteiger partial charge in [-0.3, -0.25) is 14.4 Å². The van der Waals surface area contributed by atoms with Crippen molar-refractivity contribution in [3.63, 3.8) is 0 Å². The van der Waals surface area contributed by atoms with Crippen LogP contribution in [0.15, 0.2) is 48.5 Å². The highest BCUT2D eigenvalue weighted by Crippen LogP contribution is 2.13. The van der Waals surface area contributed by atoms with E-state index in [0.29, 0.717) is 35.7 Å². The lowest BCUT2D eigenvalue weighted by atomic mass is 10.1.